The van der Waals surface area contributed by atoms with Crippen molar-refractivity contribution in [2.24, 2.45) is 5.92 Å². The Morgan fingerprint density at radius 1 is 1.25 bits per heavy atom. The number of nitrogens with zero attached hydrogens (tertiary/aromatic N) is 1. The molecule has 2 amide bonds. The highest BCUT2D eigenvalue weighted by molar-refractivity contribution is 9.10. The van der Waals surface area contributed by atoms with Crippen LogP contribution in [0, 0.1) is 12.8 Å². The van der Waals surface area contributed by atoms with Gasteiger partial charge < -0.3 is 15.0 Å². The highest BCUT2D eigenvalue weighted by Crippen LogP contribution is 2.27. The van der Waals surface area contributed by atoms with Gasteiger partial charge in [-0.1, -0.05) is 12.1 Å². The Kier molecular flexibility index (Phi) is 5.91. The van der Waals surface area contributed by atoms with Crippen LogP contribution in [0.15, 0.2) is 22.7 Å². The molecule has 132 valence electrons. The van der Waals surface area contributed by atoms with Gasteiger partial charge in [0, 0.05) is 23.5 Å². The fourth-order valence-electron chi connectivity index (χ4n) is 2.63. The summed E-state index contributed by atoms with van der Waals surface area (Å²) < 4.78 is 6.28. The van der Waals surface area contributed by atoms with Crippen LogP contribution in [0.4, 0.5) is 10.5 Å². The molecule has 1 fully saturated rings. The lowest BCUT2D eigenvalue weighted by molar-refractivity contribution is -0.121. The summed E-state index contributed by atoms with van der Waals surface area (Å²) in [5, 5.41) is 2.98. The molecule has 1 saturated heterocycles. The Bertz CT molecular complexity index is 617. The smallest absolute Gasteiger partial charge is 0.410 e. The molecule has 0 bridgehead atoms. The first-order chi connectivity index (χ1) is 11.2. The second-order valence-electron chi connectivity index (χ2n) is 7.17. The standard InChI is InChI=1S/C18H25BrN2O3/c1-12-6-5-7-14(15(12)19)20-16(22)13-8-10-21(11-9-13)17(23)24-18(2,3)4/h5-7,13H,8-11H2,1-4H3,(H,20,22). The van der Waals surface area contributed by atoms with Crippen molar-refractivity contribution in [2.75, 3.05) is 18.4 Å². The van der Waals surface area contributed by atoms with Crippen molar-refractivity contribution in [1.82, 2.24) is 4.90 Å². The predicted octanol–water partition coefficient (Wildman–Crippen LogP) is 4.34. The van der Waals surface area contributed by atoms with Crippen molar-refractivity contribution in [1.29, 1.82) is 0 Å². The number of carbonyl (C=O) groups excluding carboxylic acids is 2. The van der Waals surface area contributed by atoms with Gasteiger partial charge >= 0.3 is 6.09 Å². The molecule has 0 saturated carbocycles. The van der Waals surface area contributed by atoms with Gasteiger partial charge in [0.15, 0.2) is 0 Å². The van der Waals surface area contributed by atoms with Crippen LogP contribution >= 0.6 is 15.9 Å². The average molecular weight is 397 g/mol. The highest BCUT2D eigenvalue weighted by atomic mass is 79.9. The second-order valence-corrected chi connectivity index (χ2v) is 7.96. The van der Waals surface area contributed by atoms with Crippen LogP contribution in [0.2, 0.25) is 0 Å². The molecule has 5 nitrogen and oxygen atoms in total. The van der Waals surface area contributed by atoms with Crippen molar-refractivity contribution in [3.63, 3.8) is 0 Å². The van der Waals surface area contributed by atoms with E-state index in [0.717, 1.165) is 15.7 Å². The van der Waals surface area contributed by atoms with E-state index >= 15 is 0 Å². The Labute approximate surface area is 151 Å². The Hall–Kier alpha value is -1.56. The van der Waals surface area contributed by atoms with Crippen LogP contribution in [0.25, 0.3) is 0 Å². The molecule has 0 spiro atoms. The minimum atomic E-state index is -0.497. The molecule has 1 N–H and O–H groups in total. The van der Waals surface area contributed by atoms with E-state index in [1.54, 1.807) is 4.90 Å². The molecule has 0 atom stereocenters. The third kappa shape index (κ3) is 4.97. The van der Waals surface area contributed by atoms with Crippen molar-refractivity contribution in [3.05, 3.63) is 28.2 Å². The van der Waals surface area contributed by atoms with E-state index in [1.165, 1.54) is 0 Å². The van der Waals surface area contributed by atoms with Crippen LogP contribution in [0.1, 0.15) is 39.2 Å². The zero-order valence-corrected chi connectivity index (χ0v) is 16.3. The van der Waals surface area contributed by atoms with Gasteiger partial charge in [0.2, 0.25) is 5.91 Å². The normalized spacial score (nSPS) is 16.0. The number of anilines is 1. The first-order valence-electron chi connectivity index (χ1n) is 8.21. The van der Waals surface area contributed by atoms with Crippen molar-refractivity contribution in [2.45, 2.75) is 46.1 Å². The van der Waals surface area contributed by atoms with Gasteiger partial charge in [0.25, 0.3) is 0 Å². The summed E-state index contributed by atoms with van der Waals surface area (Å²) in [6.07, 6.45) is 0.992. The maximum Gasteiger partial charge on any atom is 0.410 e. The summed E-state index contributed by atoms with van der Waals surface area (Å²) in [5.41, 5.74) is 1.37. The molecule has 6 heteroatoms. The van der Waals surface area contributed by atoms with Gasteiger partial charge in [-0.3, -0.25) is 4.79 Å². The SMILES string of the molecule is Cc1cccc(NC(=O)C2CCN(C(=O)OC(C)(C)C)CC2)c1Br. The van der Waals surface area contributed by atoms with Gasteiger partial charge in [-0.15, -0.1) is 0 Å². The van der Waals surface area contributed by atoms with E-state index in [0.29, 0.717) is 25.9 Å². The minimum absolute atomic E-state index is 0.00476. The molecule has 0 aromatic heterocycles. The number of amides is 2. The van der Waals surface area contributed by atoms with Crippen molar-refractivity contribution >= 4 is 33.6 Å². The van der Waals surface area contributed by atoms with E-state index in [2.05, 4.69) is 21.2 Å². The number of aryl methyl sites for hydroxylation is 1. The van der Waals surface area contributed by atoms with Gasteiger partial charge in [0.05, 0.1) is 5.69 Å². The number of carbonyl (C=O) groups is 2. The molecule has 1 aromatic rings. The monoisotopic (exact) mass is 396 g/mol. The van der Waals surface area contributed by atoms with E-state index in [4.69, 9.17) is 4.74 Å². The molecule has 24 heavy (non-hydrogen) atoms. The summed E-state index contributed by atoms with van der Waals surface area (Å²) in [6.45, 7) is 8.63. The summed E-state index contributed by atoms with van der Waals surface area (Å²) >= 11 is 3.51. The number of rotatable bonds is 2. The lowest BCUT2D eigenvalue weighted by atomic mass is 9.96. The molecule has 0 aliphatic carbocycles. The number of nitrogens with one attached hydrogen (secondary N) is 1. The number of halogens is 1. The Balaban J connectivity index is 1.89. The van der Waals surface area contributed by atoms with Gasteiger partial charge in [0.1, 0.15) is 5.60 Å². The third-order valence-electron chi connectivity index (χ3n) is 3.97. The zero-order chi connectivity index (χ0) is 17.9. The maximum absolute atomic E-state index is 12.5. The first-order valence-corrected chi connectivity index (χ1v) is 9.00. The van der Waals surface area contributed by atoms with E-state index in [-0.39, 0.29) is 17.9 Å². The molecular weight excluding hydrogens is 372 g/mol. The van der Waals surface area contributed by atoms with E-state index in [1.807, 2.05) is 45.9 Å². The topological polar surface area (TPSA) is 58.6 Å². The number of hydrogen-bond donors (Lipinski definition) is 1. The van der Waals surface area contributed by atoms with Gasteiger partial charge in [-0.25, -0.2) is 4.79 Å². The van der Waals surface area contributed by atoms with Crippen molar-refractivity contribution < 1.29 is 14.3 Å². The first kappa shape index (κ1) is 18.8. The predicted molar refractivity (Wildman–Crippen MR) is 98.0 cm³/mol. The van der Waals surface area contributed by atoms with Crippen LogP contribution in [0.3, 0.4) is 0 Å². The number of hydrogen-bond acceptors (Lipinski definition) is 3. The van der Waals surface area contributed by atoms with Crippen LogP contribution in [0.5, 0.6) is 0 Å². The second kappa shape index (κ2) is 7.55. The highest BCUT2D eigenvalue weighted by Gasteiger charge is 2.30. The summed E-state index contributed by atoms with van der Waals surface area (Å²) in [6, 6.07) is 5.78. The zero-order valence-electron chi connectivity index (χ0n) is 14.7. The number of likely N-dealkylation sites (tertiary alicyclic amines) is 1. The number of piperidine rings is 1. The lowest BCUT2D eigenvalue weighted by Gasteiger charge is -2.33. The molecule has 1 aromatic carbocycles. The number of ether oxygens (including phenoxy) is 1. The molecule has 1 aliphatic rings. The Morgan fingerprint density at radius 3 is 2.46 bits per heavy atom. The minimum Gasteiger partial charge on any atom is -0.444 e. The van der Waals surface area contributed by atoms with Gasteiger partial charge in [-0.05, 0) is 68.1 Å². The fourth-order valence-corrected chi connectivity index (χ4v) is 2.99. The van der Waals surface area contributed by atoms with Crippen molar-refractivity contribution in [3.8, 4) is 0 Å². The molecule has 1 heterocycles. The third-order valence-corrected chi connectivity index (χ3v) is 5.02. The van der Waals surface area contributed by atoms with Crippen LogP contribution in [-0.2, 0) is 9.53 Å². The van der Waals surface area contributed by atoms with Gasteiger partial charge in [-0.2, -0.15) is 0 Å². The van der Waals surface area contributed by atoms with E-state index < -0.39 is 5.60 Å². The van der Waals surface area contributed by atoms with Crippen LogP contribution in [-0.4, -0.2) is 35.6 Å². The van der Waals surface area contributed by atoms with Crippen LogP contribution < -0.4 is 5.32 Å². The fraction of sp³-hybridized carbons (Fsp3) is 0.556. The summed E-state index contributed by atoms with van der Waals surface area (Å²) in [7, 11) is 0. The lowest BCUT2D eigenvalue weighted by Crippen LogP contribution is -2.43. The average Bonchev–Trinajstić information content (AvgIpc) is 2.50. The molecular formula is C18H25BrN2O3. The summed E-state index contributed by atoms with van der Waals surface area (Å²) in [5.74, 6) is -0.0822. The molecule has 0 radical (unpaired) electrons. The summed E-state index contributed by atoms with van der Waals surface area (Å²) in [4.78, 5) is 26.2. The Morgan fingerprint density at radius 2 is 1.88 bits per heavy atom. The molecule has 1 aliphatic heterocycles. The quantitative estimate of drug-likeness (QED) is 0.808. The maximum atomic E-state index is 12.5. The molecule has 2 rings (SSSR count). The number of benzene rings is 1. The molecule has 0 unspecified atom stereocenters. The largest absolute Gasteiger partial charge is 0.444 e. The van der Waals surface area contributed by atoms with E-state index in [9.17, 15) is 9.59 Å².